The van der Waals surface area contributed by atoms with Crippen LogP contribution in [-0.2, 0) is 11.2 Å². The summed E-state index contributed by atoms with van der Waals surface area (Å²) in [6, 6.07) is 27.3. The van der Waals surface area contributed by atoms with Gasteiger partial charge in [0.2, 0.25) is 5.91 Å². The second-order valence-corrected chi connectivity index (χ2v) is 10.2. The number of hydrogen-bond acceptors (Lipinski definition) is 4. The molecule has 0 bridgehead atoms. The van der Waals surface area contributed by atoms with E-state index in [1.807, 2.05) is 24.3 Å². The molecular formula is C30H32N4OS. The summed E-state index contributed by atoms with van der Waals surface area (Å²) >= 11 is 1.47. The molecule has 1 amide bonds. The second kappa shape index (κ2) is 11.6. The van der Waals surface area contributed by atoms with Gasteiger partial charge in [0.25, 0.3) is 0 Å². The van der Waals surface area contributed by atoms with Crippen LogP contribution in [0.3, 0.4) is 0 Å². The second-order valence-electron chi connectivity index (χ2n) is 9.26. The van der Waals surface area contributed by atoms with Crippen LogP contribution < -0.4 is 5.32 Å². The molecule has 1 saturated carbocycles. The fraction of sp³-hybridized carbons (Fsp3) is 0.300. The lowest BCUT2D eigenvalue weighted by Gasteiger charge is -2.25. The minimum absolute atomic E-state index is 0.0205. The van der Waals surface area contributed by atoms with E-state index in [-0.39, 0.29) is 5.91 Å². The largest absolute Gasteiger partial charge is 0.325 e. The van der Waals surface area contributed by atoms with Crippen LogP contribution in [0.2, 0.25) is 0 Å². The highest BCUT2D eigenvalue weighted by Gasteiger charge is 2.24. The van der Waals surface area contributed by atoms with Gasteiger partial charge >= 0.3 is 0 Å². The molecule has 1 N–H and O–H groups in total. The standard InChI is InChI=1S/C30H32N4OS/c1-2-22-11-9-10-16-27(22)31-28(35)21-36-30-33-32-29(34(30)26-14-7-4-8-15-26)25-19-17-24(18-20-25)23-12-5-3-6-13-23/h3,5-6,9-13,16-20,26H,2,4,7-8,14-15,21H2,1H3,(H,31,35). The van der Waals surface area contributed by atoms with Crippen molar-refractivity contribution in [2.75, 3.05) is 11.1 Å². The van der Waals surface area contributed by atoms with Gasteiger partial charge in [-0.05, 0) is 42.0 Å². The third-order valence-corrected chi connectivity index (χ3v) is 7.80. The number of rotatable bonds is 8. The van der Waals surface area contributed by atoms with Crippen LogP contribution in [0.1, 0.15) is 50.6 Å². The predicted molar refractivity (Wildman–Crippen MR) is 148 cm³/mol. The molecule has 0 atom stereocenters. The molecule has 1 fully saturated rings. The van der Waals surface area contributed by atoms with Gasteiger partial charge in [-0.3, -0.25) is 9.36 Å². The van der Waals surface area contributed by atoms with Crippen LogP contribution in [0, 0.1) is 0 Å². The molecule has 1 aliphatic rings. The average Bonchev–Trinajstić information content (AvgIpc) is 3.37. The number of nitrogens with one attached hydrogen (secondary N) is 1. The van der Waals surface area contributed by atoms with E-state index in [1.165, 1.54) is 42.2 Å². The number of anilines is 1. The average molecular weight is 497 g/mol. The minimum Gasteiger partial charge on any atom is -0.325 e. The minimum atomic E-state index is -0.0205. The number of thioether (sulfide) groups is 1. The molecule has 3 aromatic carbocycles. The van der Waals surface area contributed by atoms with E-state index in [4.69, 9.17) is 0 Å². The summed E-state index contributed by atoms with van der Waals surface area (Å²) in [5, 5.41) is 13.1. The monoisotopic (exact) mass is 496 g/mol. The molecule has 36 heavy (non-hydrogen) atoms. The highest BCUT2D eigenvalue weighted by Crippen LogP contribution is 2.36. The number of carbonyl (C=O) groups is 1. The zero-order valence-electron chi connectivity index (χ0n) is 20.7. The van der Waals surface area contributed by atoms with Crippen molar-refractivity contribution in [3.63, 3.8) is 0 Å². The number of hydrogen-bond donors (Lipinski definition) is 1. The number of benzene rings is 3. The number of para-hydroxylation sites is 1. The number of aryl methyl sites for hydroxylation is 1. The van der Waals surface area contributed by atoms with Crippen LogP contribution in [0.15, 0.2) is 84.0 Å². The van der Waals surface area contributed by atoms with Gasteiger partial charge in [-0.1, -0.05) is 111 Å². The Bertz CT molecular complexity index is 1290. The molecule has 5 rings (SSSR count). The van der Waals surface area contributed by atoms with Gasteiger partial charge in [-0.25, -0.2) is 0 Å². The molecule has 0 spiro atoms. The van der Waals surface area contributed by atoms with E-state index in [2.05, 4.69) is 81.6 Å². The van der Waals surface area contributed by atoms with Crippen LogP contribution in [-0.4, -0.2) is 26.4 Å². The van der Waals surface area contributed by atoms with E-state index in [0.29, 0.717) is 11.8 Å². The summed E-state index contributed by atoms with van der Waals surface area (Å²) in [5.74, 6) is 1.17. The third-order valence-electron chi connectivity index (χ3n) is 6.86. The molecule has 184 valence electrons. The van der Waals surface area contributed by atoms with Crippen molar-refractivity contribution in [2.45, 2.75) is 56.6 Å². The van der Waals surface area contributed by atoms with Crippen molar-refractivity contribution in [2.24, 2.45) is 0 Å². The van der Waals surface area contributed by atoms with E-state index >= 15 is 0 Å². The van der Waals surface area contributed by atoms with Crippen molar-refractivity contribution in [3.8, 4) is 22.5 Å². The summed E-state index contributed by atoms with van der Waals surface area (Å²) in [5.41, 5.74) is 5.47. The van der Waals surface area contributed by atoms with E-state index in [0.717, 1.165) is 47.1 Å². The van der Waals surface area contributed by atoms with Crippen molar-refractivity contribution >= 4 is 23.4 Å². The van der Waals surface area contributed by atoms with Crippen LogP contribution >= 0.6 is 11.8 Å². The Morgan fingerprint density at radius 2 is 1.53 bits per heavy atom. The molecule has 0 unspecified atom stereocenters. The zero-order valence-corrected chi connectivity index (χ0v) is 21.5. The maximum absolute atomic E-state index is 12.8. The van der Waals surface area contributed by atoms with Crippen LogP contribution in [0.4, 0.5) is 5.69 Å². The molecule has 5 nitrogen and oxygen atoms in total. The Kier molecular flexibility index (Phi) is 7.82. The van der Waals surface area contributed by atoms with Crippen molar-refractivity contribution in [1.29, 1.82) is 0 Å². The van der Waals surface area contributed by atoms with E-state index in [9.17, 15) is 4.79 Å². The Morgan fingerprint density at radius 3 is 2.28 bits per heavy atom. The normalized spacial score (nSPS) is 14.0. The SMILES string of the molecule is CCc1ccccc1NC(=O)CSc1nnc(-c2ccc(-c3ccccc3)cc2)n1C1CCCCC1. The number of aromatic nitrogens is 3. The van der Waals surface area contributed by atoms with Crippen molar-refractivity contribution in [1.82, 2.24) is 14.8 Å². The van der Waals surface area contributed by atoms with Crippen LogP contribution in [0.5, 0.6) is 0 Å². The fourth-order valence-electron chi connectivity index (χ4n) is 4.95. The molecule has 6 heteroatoms. The molecule has 1 aromatic heterocycles. The topological polar surface area (TPSA) is 59.8 Å². The fourth-order valence-corrected chi connectivity index (χ4v) is 5.76. The van der Waals surface area contributed by atoms with Gasteiger partial charge in [0, 0.05) is 17.3 Å². The van der Waals surface area contributed by atoms with Gasteiger partial charge in [0.05, 0.1) is 5.75 Å². The molecule has 4 aromatic rings. The summed E-state index contributed by atoms with van der Waals surface area (Å²) in [6.45, 7) is 2.10. The van der Waals surface area contributed by atoms with Gasteiger partial charge in [0.15, 0.2) is 11.0 Å². The predicted octanol–water partition coefficient (Wildman–Crippen LogP) is 7.41. The van der Waals surface area contributed by atoms with E-state index in [1.54, 1.807) is 0 Å². The summed E-state index contributed by atoms with van der Waals surface area (Å²) in [6.07, 6.45) is 6.84. The summed E-state index contributed by atoms with van der Waals surface area (Å²) in [7, 11) is 0. The van der Waals surface area contributed by atoms with Crippen molar-refractivity contribution in [3.05, 3.63) is 84.4 Å². The first-order valence-corrected chi connectivity index (χ1v) is 13.8. The molecule has 0 saturated heterocycles. The first-order chi connectivity index (χ1) is 17.7. The quantitative estimate of drug-likeness (QED) is 0.258. The molecule has 1 aliphatic carbocycles. The Hall–Kier alpha value is -3.38. The summed E-state index contributed by atoms with van der Waals surface area (Å²) < 4.78 is 2.29. The van der Waals surface area contributed by atoms with Gasteiger partial charge < -0.3 is 5.32 Å². The molecule has 0 radical (unpaired) electrons. The van der Waals surface area contributed by atoms with Gasteiger partial charge in [0.1, 0.15) is 0 Å². The Balaban J connectivity index is 1.37. The van der Waals surface area contributed by atoms with Crippen LogP contribution in [0.25, 0.3) is 22.5 Å². The van der Waals surface area contributed by atoms with Crippen molar-refractivity contribution < 1.29 is 4.79 Å². The maximum atomic E-state index is 12.8. The number of carbonyl (C=O) groups excluding carboxylic acids is 1. The Labute approximate surface area is 217 Å². The first-order valence-electron chi connectivity index (χ1n) is 12.8. The Morgan fingerprint density at radius 1 is 0.861 bits per heavy atom. The highest BCUT2D eigenvalue weighted by atomic mass is 32.2. The number of amides is 1. The van der Waals surface area contributed by atoms with Gasteiger partial charge in [-0.2, -0.15) is 0 Å². The van der Waals surface area contributed by atoms with Gasteiger partial charge in [-0.15, -0.1) is 10.2 Å². The lowest BCUT2D eigenvalue weighted by Crippen LogP contribution is -2.18. The maximum Gasteiger partial charge on any atom is 0.234 e. The summed E-state index contributed by atoms with van der Waals surface area (Å²) in [4.78, 5) is 12.8. The smallest absolute Gasteiger partial charge is 0.234 e. The third kappa shape index (κ3) is 5.54. The molecule has 0 aliphatic heterocycles. The molecule has 1 heterocycles. The lowest BCUT2D eigenvalue weighted by atomic mass is 9.95. The first kappa shape index (κ1) is 24.3. The molecular weight excluding hydrogens is 464 g/mol. The number of nitrogens with zero attached hydrogens (tertiary/aromatic N) is 3. The zero-order chi connectivity index (χ0) is 24.7. The van der Waals surface area contributed by atoms with E-state index < -0.39 is 0 Å². The lowest BCUT2D eigenvalue weighted by molar-refractivity contribution is -0.113. The highest BCUT2D eigenvalue weighted by molar-refractivity contribution is 7.99.